The summed E-state index contributed by atoms with van der Waals surface area (Å²) in [6.45, 7) is 1.72. The number of benzene rings is 1. The van der Waals surface area contributed by atoms with Gasteiger partial charge in [0, 0.05) is 31.2 Å². The fourth-order valence-corrected chi connectivity index (χ4v) is 4.17. The molecule has 2 aliphatic rings. The maximum Gasteiger partial charge on any atom is 0.0858 e. The van der Waals surface area contributed by atoms with E-state index in [2.05, 4.69) is 30.1 Å². The molecule has 0 saturated heterocycles. The van der Waals surface area contributed by atoms with Gasteiger partial charge in [-0.3, -0.25) is 0 Å². The predicted molar refractivity (Wildman–Crippen MR) is 87.6 cm³/mol. The number of nitrogens with two attached hydrogens (primary N) is 1. The van der Waals surface area contributed by atoms with E-state index in [1.165, 1.54) is 36.9 Å². The number of nitrogens with zero attached hydrogens (tertiary/aromatic N) is 1. The average Bonchev–Trinajstić information content (AvgIpc) is 2.54. The first-order valence-corrected chi connectivity index (χ1v) is 8.38. The van der Waals surface area contributed by atoms with E-state index in [0.29, 0.717) is 6.54 Å². The zero-order valence-corrected chi connectivity index (χ0v) is 13.1. The highest BCUT2D eigenvalue weighted by Crippen LogP contribution is 2.46. The summed E-state index contributed by atoms with van der Waals surface area (Å²) in [4.78, 5) is 2.31. The molecule has 1 aromatic rings. The number of anilines is 1. The molecule has 3 N–H and O–H groups in total. The van der Waals surface area contributed by atoms with Crippen LogP contribution in [0, 0.1) is 5.41 Å². The van der Waals surface area contributed by atoms with Gasteiger partial charge in [-0.1, -0.05) is 31.4 Å². The van der Waals surface area contributed by atoms with Crippen LogP contribution >= 0.6 is 0 Å². The Morgan fingerprint density at radius 2 is 2.00 bits per heavy atom. The van der Waals surface area contributed by atoms with E-state index in [0.717, 1.165) is 31.4 Å². The largest absolute Gasteiger partial charge is 0.388 e. The van der Waals surface area contributed by atoms with Crippen molar-refractivity contribution >= 4 is 5.69 Å². The lowest BCUT2D eigenvalue weighted by molar-refractivity contribution is 0.000655. The second-order valence-electron chi connectivity index (χ2n) is 6.94. The lowest BCUT2D eigenvalue weighted by Crippen LogP contribution is -2.38. The highest BCUT2D eigenvalue weighted by atomic mass is 16.3. The summed E-state index contributed by atoms with van der Waals surface area (Å²) in [6.07, 6.45) is 7.69. The summed E-state index contributed by atoms with van der Waals surface area (Å²) < 4.78 is 0. The summed E-state index contributed by atoms with van der Waals surface area (Å²) >= 11 is 0. The van der Waals surface area contributed by atoms with Crippen molar-refractivity contribution in [1.82, 2.24) is 0 Å². The molecule has 116 valence electrons. The van der Waals surface area contributed by atoms with Crippen LogP contribution in [-0.4, -0.2) is 25.2 Å². The molecule has 0 amide bonds. The fourth-order valence-electron chi connectivity index (χ4n) is 4.17. The van der Waals surface area contributed by atoms with Crippen LogP contribution < -0.4 is 10.6 Å². The first-order chi connectivity index (χ1) is 10.2. The quantitative estimate of drug-likeness (QED) is 0.899. The van der Waals surface area contributed by atoms with E-state index >= 15 is 0 Å². The van der Waals surface area contributed by atoms with Crippen LogP contribution in [0.3, 0.4) is 0 Å². The molecule has 21 heavy (non-hydrogen) atoms. The molecule has 1 atom stereocenters. The molecule has 1 aliphatic carbocycles. The zero-order valence-electron chi connectivity index (χ0n) is 13.1. The van der Waals surface area contributed by atoms with Crippen molar-refractivity contribution in [3.05, 3.63) is 29.3 Å². The Bertz CT molecular complexity index is 494. The van der Waals surface area contributed by atoms with E-state index in [1.54, 1.807) is 0 Å². The van der Waals surface area contributed by atoms with Crippen LogP contribution in [0.1, 0.15) is 55.8 Å². The summed E-state index contributed by atoms with van der Waals surface area (Å²) in [5, 5.41) is 11.0. The van der Waals surface area contributed by atoms with E-state index in [4.69, 9.17) is 5.73 Å². The molecule has 0 radical (unpaired) electrons. The Kier molecular flexibility index (Phi) is 4.23. The Morgan fingerprint density at radius 1 is 1.24 bits per heavy atom. The monoisotopic (exact) mass is 288 g/mol. The Hall–Kier alpha value is -1.06. The second-order valence-corrected chi connectivity index (χ2v) is 6.94. The maximum absolute atomic E-state index is 11.0. The lowest BCUT2D eigenvalue weighted by Gasteiger charge is -2.41. The minimum Gasteiger partial charge on any atom is -0.388 e. The summed E-state index contributed by atoms with van der Waals surface area (Å²) in [6, 6.07) is 6.51. The van der Waals surface area contributed by atoms with Crippen molar-refractivity contribution < 1.29 is 5.11 Å². The Labute approximate surface area is 128 Å². The molecule has 3 heteroatoms. The molecule has 0 spiro atoms. The number of aliphatic hydroxyl groups excluding tert-OH is 1. The number of hydrogen-bond acceptors (Lipinski definition) is 3. The first-order valence-electron chi connectivity index (χ1n) is 8.38. The van der Waals surface area contributed by atoms with Gasteiger partial charge in [-0.25, -0.2) is 0 Å². The number of fused-ring (bicyclic) bond motifs is 1. The number of aliphatic hydroxyl groups is 1. The van der Waals surface area contributed by atoms with Crippen molar-refractivity contribution in [2.75, 3.05) is 25.0 Å². The third kappa shape index (κ3) is 2.69. The summed E-state index contributed by atoms with van der Waals surface area (Å²) in [5.74, 6) is 0. The van der Waals surface area contributed by atoms with Crippen LogP contribution in [-0.2, 0) is 6.42 Å². The normalized spacial score (nSPS) is 22.7. The van der Waals surface area contributed by atoms with Gasteiger partial charge in [-0.05, 0) is 42.9 Å². The predicted octanol–water partition coefficient (Wildman–Crippen LogP) is 3.01. The van der Waals surface area contributed by atoms with E-state index < -0.39 is 6.10 Å². The highest BCUT2D eigenvalue weighted by Gasteiger charge is 2.38. The summed E-state index contributed by atoms with van der Waals surface area (Å²) in [5.41, 5.74) is 9.73. The molecule has 0 bridgehead atoms. The van der Waals surface area contributed by atoms with Gasteiger partial charge in [-0.15, -0.1) is 0 Å². The lowest BCUT2D eigenvalue weighted by atomic mass is 9.68. The molecule has 1 aliphatic heterocycles. The molecule has 1 aromatic carbocycles. The van der Waals surface area contributed by atoms with Crippen LogP contribution in [0.25, 0.3) is 0 Å². The van der Waals surface area contributed by atoms with Gasteiger partial charge in [0.25, 0.3) is 0 Å². The first kappa shape index (κ1) is 14.9. The van der Waals surface area contributed by atoms with Crippen LogP contribution in [0.5, 0.6) is 0 Å². The molecule has 1 unspecified atom stereocenters. The Morgan fingerprint density at radius 3 is 2.71 bits per heavy atom. The van der Waals surface area contributed by atoms with Gasteiger partial charge in [0.05, 0.1) is 6.10 Å². The summed E-state index contributed by atoms with van der Waals surface area (Å²) in [7, 11) is 2.15. The van der Waals surface area contributed by atoms with E-state index in [-0.39, 0.29) is 5.41 Å². The maximum atomic E-state index is 11.0. The zero-order chi connectivity index (χ0) is 14.9. The SMILES string of the molecule is CN1CCCc2cc(C(O)C3(CN)CCCCC3)ccc21. The number of hydrogen-bond donors (Lipinski definition) is 2. The molecule has 1 saturated carbocycles. The van der Waals surface area contributed by atoms with Crippen LogP contribution in [0.2, 0.25) is 0 Å². The van der Waals surface area contributed by atoms with Crippen molar-refractivity contribution in [2.45, 2.75) is 51.0 Å². The molecular weight excluding hydrogens is 260 g/mol. The minimum atomic E-state index is -0.416. The molecular formula is C18H28N2O. The number of rotatable bonds is 3. The highest BCUT2D eigenvalue weighted by molar-refractivity contribution is 5.56. The molecule has 1 heterocycles. The van der Waals surface area contributed by atoms with E-state index in [9.17, 15) is 5.11 Å². The van der Waals surface area contributed by atoms with Gasteiger partial charge in [0.15, 0.2) is 0 Å². The number of aryl methyl sites for hydroxylation is 1. The standard InChI is InChI=1S/C18H28N2O/c1-20-11-5-6-14-12-15(7-8-16(14)20)17(21)18(13-19)9-3-2-4-10-18/h7-8,12,17,21H,2-6,9-11,13,19H2,1H3. The van der Waals surface area contributed by atoms with Gasteiger partial charge in [0.1, 0.15) is 0 Å². The van der Waals surface area contributed by atoms with E-state index in [1.807, 2.05) is 0 Å². The average molecular weight is 288 g/mol. The topological polar surface area (TPSA) is 49.5 Å². The third-order valence-electron chi connectivity index (χ3n) is 5.61. The van der Waals surface area contributed by atoms with Gasteiger partial charge in [0.2, 0.25) is 0 Å². The van der Waals surface area contributed by atoms with Crippen LogP contribution in [0.15, 0.2) is 18.2 Å². The van der Waals surface area contributed by atoms with Crippen molar-refractivity contribution in [2.24, 2.45) is 11.1 Å². The minimum absolute atomic E-state index is 0.104. The Balaban J connectivity index is 1.89. The molecule has 3 rings (SSSR count). The fraction of sp³-hybridized carbons (Fsp3) is 0.667. The van der Waals surface area contributed by atoms with Crippen molar-refractivity contribution in [1.29, 1.82) is 0 Å². The van der Waals surface area contributed by atoms with Crippen molar-refractivity contribution in [3.8, 4) is 0 Å². The van der Waals surface area contributed by atoms with Gasteiger partial charge >= 0.3 is 0 Å². The molecule has 0 aromatic heterocycles. The van der Waals surface area contributed by atoms with Gasteiger partial charge < -0.3 is 15.7 Å². The van der Waals surface area contributed by atoms with Crippen molar-refractivity contribution in [3.63, 3.8) is 0 Å². The van der Waals surface area contributed by atoms with Crippen LogP contribution in [0.4, 0.5) is 5.69 Å². The smallest absolute Gasteiger partial charge is 0.0858 e. The molecule has 3 nitrogen and oxygen atoms in total. The molecule has 1 fully saturated rings. The second kappa shape index (κ2) is 5.98. The third-order valence-corrected chi connectivity index (χ3v) is 5.61. The van der Waals surface area contributed by atoms with Gasteiger partial charge in [-0.2, -0.15) is 0 Å².